The highest BCUT2D eigenvalue weighted by Gasteiger charge is 2.25. The van der Waals surface area contributed by atoms with Crippen molar-refractivity contribution >= 4 is 22.0 Å². The fourth-order valence-corrected chi connectivity index (χ4v) is 4.31. The summed E-state index contributed by atoms with van der Waals surface area (Å²) in [6, 6.07) is 12.5. The van der Waals surface area contributed by atoms with Crippen LogP contribution in [0.2, 0.25) is 0 Å². The van der Waals surface area contributed by atoms with Gasteiger partial charge in [0.15, 0.2) is 9.81 Å². The Morgan fingerprint density at radius 1 is 0.758 bits per heavy atom. The number of sulfone groups is 1. The first-order valence-electron chi connectivity index (χ1n) is 10.3. The molecule has 0 aliphatic heterocycles. The van der Waals surface area contributed by atoms with Crippen LogP contribution in [0.25, 0.3) is 12.2 Å². The number of rotatable bonds is 4. The number of phenols is 2. The SMILES string of the molecule is CC(C)(C)c1cc(/C=C(\C#N)S(=O)(=O)/C(C#N)=C/c2ccc(O)c(C(C)(C)C)c2)ccc1O. The number of phenolic OH excluding ortho intramolecular Hbond substituents is 2. The number of nitrogens with zero attached hydrogens (tertiary/aromatic N) is 2. The fourth-order valence-electron chi connectivity index (χ4n) is 3.25. The van der Waals surface area contributed by atoms with Gasteiger partial charge < -0.3 is 10.2 Å². The molecule has 7 heteroatoms. The molecule has 0 atom stereocenters. The molecule has 0 saturated heterocycles. The number of nitriles is 2. The topological polar surface area (TPSA) is 122 Å². The lowest BCUT2D eigenvalue weighted by atomic mass is 9.85. The summed E-state index contributed by atoms with van der Waals surface area (Å²) in [5, 5.41) is 39.5. The van der Waals surface area contributed by atoms with E-state index in [2.05, 4.69) is 0 Å². The van der Waals surface area contributed by atoms with E-state index in [0.29, 0.717) is 22.3 Å². The van der Waals surface area contributed by atoms with E-state index < -0.39 is 30.5 Å². The number of hydrogen-bond donors (Lipinski definition) is 2. The van der Waals surface area contributed by atoms with Gasteiger partial charge in [0.2, 0.25) is 9.84 Å². The zero-order valence-corrected chi connectivity index (χ0v) is 20.4. The maximum atomic E-state index is 13.1. The number of hydrogen-bond acceptors (Lipinski definition) is 6. The van der Waals surface area contributed by atoms with Gasteiger partial charge in [0, 0.05) is 0 Å². The summed E-state index contributed by atoms with van der Waals surface area (Å²) in [6.07, 6.45) is 2.37. The summed E-state index contributed by atoms with van der Waals surface area (Å²) in [4.78, 5) is -1.17. The van der Waals surface area contributed by atoms with E-state index in [0.717, 1.165) is 0 Å². The Morgan fingerprint density at radius 2 is 1.09 bits per heavy atom. The molecule has 2 aromatic carbocycles. The van der Waals surface area contributed by atoms with E-state index in [9.17, 15) is 29.2 Å². The summed E-state index contributed by atoms with van der Waals surface area (Å²) < 4.78 is 26.2. The first-order valence-corrected chi connectivity index (χ1v) is 11.7. The van der Waals surface area contributed by atoms with E-state index in [1.807, 2.05) is 41.5 Å². The Hall–Kier alpha value is -3.55. The van der Waals surface area contributed by atoms with E-state index in [1.54, 1.807) is 24.3 Å². The van der Waals surface area contributed by atoms with Crippen LogP contribution in [0.4, 0.5) is 0 Å². The zero-order valence-electron chi connectivity index (χ0n) is 19.6. The second kappa shape index (κ2) is 9.13. The second-order valence-electron chi connectivity index (χ2n) is 9.80. The van der Waals surface area contributed by atoms with Gasteiger partial charge in [-0.25, -0.2) is 8.42 Å². The molecule has 2 aromatic rings. The van der Waals surface area contributed by atoms with Gasteiger partial charge in [0.05, 0.1) is 0 Å². The normalized spacial score (nSPS) is 13.3. The van der Waals surface area contributed by atoms with Gasteiger partial charge in [-0.3, -0.25) is 0 Å². The lowest BCUT2D eigenvalue weighted by Gasteiger charge is -2.21. The molecule has 0 aromatic heterocycles. The smallest absolute Gasteiger partial charge is 0.226 e. The van der Waals surface area contributed by atoms with Crippen LogP contribution in [-0.4, -0.2) is 18.6 Å². The molecule has 0 spiro atoms. The summed E-state index contributed by atoms with van der Waals surface area (Å²) in [7, 11) is -4.40. The molecule has 172 valence electrons. The summed E-state index contributed by atoms with van der Waals surface area (Å²) in [6.45, 7) is 11.4. The van der Waals surface area contributed by atoms with Crippen LogP contribution >= 0.6 is 0 Å². The van der Waals surface area contributed by atoms with Crippen molar-refractivity contribution in [3.63, 3.8) is 0 Å². The maximum Gasteiger partial charge on any atom is 0.226 e. The van der Waals surface area contributed by atoms with Gasteiger partial charge in [-0.15, -0.1) is 0 Å². The Bertz CT molecular complexity index is 1230. The molecular weight excluding hydrogens is 436 g/mol. The van der Waals surface area contributed by atoms with Crippen molar-refractivity contribution in [1.82, 2.24) is 0 Å². The van der Waals surface area contributed by atoms with E-state index in [4.69, 9.17) is 0 Å². The number of aromatic hydroxyl groups is 2. The first-order chi connectivity index (χ1) is 15.1. The Balaban J connectivity index is 2.61. The lowest BCUT2D eigenvalue weighted by Crippen LogP contribution is -2.11. The first kappa shape index (κ1) is 25.7. The quantitative estimate of drug-likeness (QED) is 0.573. The number of benzene rings is 2. The van der Waals surface area contributed by atoms with Crippen LogP contribution in [0.15, 0.2) is 46.2 Å². The van der Waals surface area contributed by atoms with Crippen molar-refractivity contribution in [3.8, 4) is 23.6 Å². The van der Waals surface area contributed by atoms with Crippen molar-refractivity contribution in [2.75, 3.05) is 0 Å². The van der Waals surface area contributed by atoms with Crippen molar-refractivity contribution in [2.24, 2.45) is 0 Å². The minimum Gasteiger partial charge on any atom is -0.508 e. The summed E-state index contributed by atoms with van der Waals surface area (Å²) in [5.74, 6) is 0.140. The van der Waals surface area contributed by atoms with Crippen LogP contribution in [0.5, 0.6) is 11.5 Å². The third-order valence-electron chi connectivity index (χ3n) is 5.05. The molecular formula is C26H28N2O4S. The van der Waals surface area contributed by atoms with Crippen LogP contribution in [0, 0.1) is 22.7 Å². The van der Waals surface area contributed by atoms with Gasteiger partial charge in [-0.1, -0.05) is 53.7 Å². The lowest BCUT2D eigenvalue weighted by molar-refractivity contribution is 0.446. The standard InChI is InChI=1S/C26H28N2O4S/c1-25(2,3)21-13-17(7-9-23(21)29)11-19(15-27)33(31,32)20(16-28)12-18-8-10-24(30)22(14-18)26(4,5)6/h7-14,29-30H,1-6H3/b19-11+,20-12+. The fraction of sp³-hybridized carbons (Fsp3) is 0.308. The second-order valence-corrected chi connectivity index (χ2v) is 11.7. The van der Waals surface area contributed by atoms with E-state index in [-0.39, 0.29) is 11.5 Å². The largest absolute Gasteiger partial charge is 0.508 e. The summed E-state index contributed by atoms with van der Waals surface area (Å²) in [5.41, 5.74) is 1.22. The highest BCUT2D eigenvalue weighted by Crippen LogP contribution is 2.34. The monoisotopic (exact) mass is 464 g/mol. The van der Waals surface area contributed by atoms with E-state index >= 15 is 0 Å². The van der Waals surface area contributed by atoms with Crippen LogP contribution in [-0.2, 0) is 20.7 Å². The molecule has 0 amide bonds. The minimum atomic E-state index is -4.40. The third kappa shape index (κ3) is 5.83. The molecule has 0 saturated carbocycles. The zero-order chi connectivity index (χ0) is 25.2. The Labute approximate surface area is 195 Å². The molecule has 0 aliphatic rings. The Kier molecular flexibility index (Phi) is 7.11. The predicted octanol–water partition coefficient (Wildman–Crippen LogP) is 5.54. The molecule has 0 heterocycles. The van der Waals surface area contributed by atoms with Gasteiger partial charge in [0.25, 0.3) is 0 Å². The van der Waals surface area contributed by atoms with Crippen LogP contribution < -0.4 is 0 Å². The van der Waals surface area contributed by atoms with Gasteiger partial charge in [0.1, 0.15) is 23.6 Å². The highest BCUT2D eigenvalue weighted by molar-refractivity contribution is 7.99. The van der Waals surface area contributed by atoms with Crippen LogP contribution in [0.1, 0.15) is 63.8 Å². The molecule has 0 unspecified atom stereocenters. The molecule has 2 N–H and O–H groups in total. The highest BCUT2D eigenvalue weighted by atomic mass is 32.2. The molecule has 2 rings (SSSR count). The van der Waals surface area contributed by atoms with Crippen molar-refractivity contribution in [2.45, 2.75) is 52.4 Å². The van der Waals surface area contributed by atoms with Crippen molar-refractivity contribution < 1.29 is 18.6 Å². The third-order valence-corrected chi connectivity index (χ3v) is 6.63. The molecule has 0 aliphatic carbocycles. The average Bonchev–Trinajstić information content (AvgIpc) is 2.70. The van der Waals surface area contributed by atoms with Gasteiger partial charge in [-0.05, 0) is 69.5 Å². The minimum absolute atomic E-state index is 0.0700. The molecule has 0 fully saturated rings. The summed E-state index contributed by atoms with van der Waals surface area (Å²) >= 11 is 0. The molecule has 33 heavy (non-hydrogen) atoms. The van der Waals surface area contributed by atoms with Crippen LogP contribution in [0.3, 0.4) is 0 Å². The molecule has 6 nitrogen and oxygen atoms in total. The van der Waals surface area contributed by atoms with Crippen molar-refractivity contribution in [3.05, 3.63) is 68.5 Å². The van der Waals surface area contributed by atoms with E-state index in [1.165, 1.54) is 36.4 Å². The molecule has 0 radical (unpaired) electrons. The van der Waals surface area contributed by atoms with Gasteiger partial charge in [-0.2, -0.15) is 10.5 Å². The van der Waals surface area contributed by atoms with Gasteiger partial charge >= 0.3 is 0 Å². The maximum absolute atomic E-state index is 13.1. The average molecular weight is 465 g/mol. The van der Waals surface area contributed by atoms with Crippen molar-refractivity contribution in [1.29, 1.82) is 10.5 Å². The number of allylic oxidation sites excluding steroid dienone is 2. The predicted molar refractivity (Wildman–Crippen MR) is 130 cm³/mol. The Morgan fingerprint density at radius 3 is 1.36 bits per heavy atom. The molecule has 0 bridgehead atoms.